The minimum absolute atomic E-state index is 0.139. The first-order valence-corrected chi connectivity index (χ1v) is 14.9. The van der Waals surface area contributed by atoms with E-state index in [1.807, 2.05) is 6.07 Å². The second-order valence-electron chi connectivity index (χ2n) is 12.5. The molecule has 8 rings (SSSR count). The van der Waals surface area contributed by atoms with Gasteiger partial charge >= 0.3 is 0 Å². The zero-order chi connectivity index (χ0) is 26.8. The van der Waals surface area contributed by atoms with E-state index in [0.29, 0.717) is 12.0 Å². The van der Waals surface area contributed by atoms with Crippen LogP contribution in [-0.2, 0) is 5.41 Å². The first kappa shape index (κ1) is 23.8. The van der Waals surface area contributed by atoms with E-state index in [-0.39, 0.29) is 5.41 Å². The van der Waals surface area contributed by atoms with Crippen molar-refractivity contribution in [1.29, 1.82) is 0 Å². The van der Waals surface area contributed by atoms with Gasteiger partial charge in [-0.3, -0.25) is 4.99 Å². The Kier molecular flexibility index (Phi) is 5.33. The van der Waals surface area contributed by atoms with Gasteiger partial charge in [-0.05, 0) is 83.3 Å². The summed E-state index contributed by atoms with van der Waals surface area (Å²) in [5.74, 6) is 0.651. The van der Waals surface area contributed by atoms with Crippen LogP contribution in [0, 0.1) is 18.1 Å². The summed E-state index contributed by atoms with van der Waals surface area (Å²) in [7, 11) is 0. The van der Waals surface area contributed by atoms with Crippen molar-refractivity contribution in [2.24, 2.45) is 10.9 Å². The van der Waals surface area contributed by atoms with Gasteiger partial charge in [0.1, 0.15) is 0 Å². The highest BCUT2D eigenvalue weighted by atomic mass is 15.2. The lowest BCUT2D eigenvalue weighted by Crippen LogP contribution is -2.50. The van der Waals surface area contributed by atoms with Gasteiger partial charge in [0.05, 0.1) is 11.4 Å². The fourth-order valence-corrected chi connectivity index (χ4v) is 7.99. The van der Waals surface area contributed by atoms with E-state index in [9.17, 15) is 0 Å². The second kappa shape index (κ2) is 8.97. The Labute approximate surface area is 237 Å². The molecule has 4 aromatic carbocycles. The molecule has 4 aliphatic rings. The zero-order valence-corrected chi connectivity index (χ0v) is 23.4. The van der Waals surface area contributed by atoms with E-state index in [1.54, 1.807) is 0 Å². The highest BCUT2D eigenvalue weighted by Crippen LogP contribution is 2.53. The standard InChI is InChI=1S/C38H34N2/c1-38(2)31-15-7-4-8-16-35(31)40(28-12-5-3-6-13-28)36-24-27(17-20-32(36)38)26-19-21-33-30(23-26)37-29-14-10-9-11-25(29)18-22-34(37)39-33/h3,5-6,10,12-14,17-21,23-24,31,35H,4,7-8,15-16,22H2,1-2H3. The van der Waals surface area contributed by atoms with Crippen LogP contribution in [0.5, 0.6) is 0 Å². The molecule has 2 heterocycles. The Morgan fingerprint density at radius 1 is 0.875 bits per heavy atom. The molecule has 0 saturated heterocycles. The summed E-state index contributed by atoms with van der Waals surface area (Å²) in [6.45, 7) is 4.99. The summed E-state index contributed by atoms with van der Waals surface area (Å²) >= 11 is 0. The maximum atomic E-state index is 5.02. The molecule has 0 bridgehead atoms. The molecule has 40 heavy (non-hydrogen) atoms. The van der Waals surface area contributed by atoms with E-state index in [0.717, 1.165) is 17.3 Å². The molecule has 1 fully saturated rings. The third-order valence-electron chi connectivity index (χ3n) is 9.97. The number of hydrogen-bond acceptors (Lipinski definition) is 2. The predicted octanol–water partition coefficient (Wildman–Crippen LogP) is 7.80. The molecule has 2 atom stereocenters. The first-order valence-electron chi connectivity index (χ1n) is 14.9. The fraction of sp³-hybridized carbons (Fsp3) is 0.289. The number of para-hydroxylation sites is 1. The third kappa shape index (κ3) is 3.54. The summed E-state index contributed by atoms with van der Waals surface area (Å²) < 4.78 is 0. The lowest BCUT2D eigenvalue weighted by molar-refractivity contribution is 0.236. The molecule has 4 aromatic rings. The molecule has 196 valence electrons. The SMILES string of the molecule is CC1(C)c2ccc(-c3ccc4c(c3)C3=c5ccc#cc5=CCC3=N4)cc2N(c2ccccc2)C2CCCCCC21. The van der Waals surface area contributed by atoms with Gasteiger partial charge in [0.15, 0.2) is 0 Å². The van der Waals surface area contributed by atoms with E-state index in [2.05, 4.69) is 110 Å². The quantitative estimate of drug-likeness (QED) is 0.264. The molecule has 2 aliphatic heterocycles. The predicted molar refractivity (Wildman–Crippen MR) is 166 cm³/mol. The largest absolute Gasteiger partial charge is 0.338 e. The molecule has 2 heteroatoms. The number of rotatable bonds is 2. The third-order valence-corrected chi connectivity index (χ3v) is 9.97. The van der Waals surface area contributed by atoms with Gasteiger partial charge in [0.2, 0.25) is 0 Å². The number of hydrogen-bond donors (Lipinski definition) is 0. The Morgan fingerprint density at radius 3 is 2.60 bits per heavy atom. The highest BCUT2D eigenvalue weighted by Gasteiger charge is 2.46. The molecule has 2 unspecified atom stereocenters. The van der Waals surface area contributed by atoms with Crippen LogP contribution in [0.15, 0.2) is 83.9 Å². The van der Waals surface area contributed by atoms with Gasteiger partial charge in [0, 0.05) is 45.4 Å². The summed E-state index contributed by atoms with van der Waals surface area (Å²) in [5, 5.41) is 2.36. The zero-order valence-electron chi connectivity index (χ0n) is 23.4. The molecular formula is C38H34N2. The first-order chi connectivity index (χ1) is 19.6. The Morgan fingerprint density at radius 2 is 1.70 bits per heavy atom. The molecule has 0 radical (unpaired) electrons. The minimum atomic E-state index is 0.139. The Hall–Kier alpha value is -4.09. The topological polar surface area (TPSA) is 15.6 Å². The van der Waals surface area contributed by atoms with Crippen LogP contribution in [0.25, 0.3) is 22.8 Å². The van der Waals surface area contributed by atoms with Crippen LogP contribution < -0.4 is 15.3 Å². The summed E-state index contributed by atoms with van der Waals surface area (Å²) in [6.07, 6.45) is 9.65. The van der Waals surface area contributed by atoms with Crippen LogP contribution in [0.2, 0.25) is 0 Å². The van der Waals surface area contributed by atoms with E-state index in [1.165, 1.54) is 82.2 Å². The van der Waals surface area contributed by atoms with Crippen molar-refractivity contribution in [3.05, 3.63) is 113 Å². The van der Waals surface area contributed by atoms with Crippen LogP contribution in [0.4, 0.5) is 17.1 Å². The van der Waals surface area contributed by atoms with Gasteiger partial charge in [-0.25, -0.2) is 0 Å². The minimum Gasteiger partial charge on any atom is -0.338 e. The number of aliphatic imine (C=N–C) groups is 1. The fourth-order valence-electron chi connectivity index (χ4n) is 7.99. The summed E-state index contributed by atoms with van der Waals surface area (Å²) in [5.41, 5.74) is 11.6. The molecule has 0 N–H and O–H groups in total. The van der Waals surface area contributed by atoms with Crippen LogP contribution in [0.3, 0.4) is 0 Å². The molecule has 0 amide bonds. The van der Waals surface area contributed by atoms with Gasteiger partial charge in [-0.1, -0.05) is 87.7 Å². The Bertz CT molecular complexity index is 1790. The van der Waals surface area contributed by atoms with Gasteiger partial charge in [-0.2, -0.15) is 0 Å². The average molecular weight is 519 g/mol. The van der Waals surface area contributed by atoms with E-state index in [4.69, 9.17) is 4.99 Å². The van der Waals surface area contributed by atoms with Crippen LogP contribution >= 0.6 is 0 Å². The molecule has 2 aliphatic carbocycles. The number of benzene rings is 3. The second-order valence-corrected chi connectivity index (χ2v) is 12.5. The maximum absolute atomic E-state index is 5.02. The maximum Gasteiger partial charge on any atom is 0.0713 e. The number of nitrogens with zero attached hydrogens (tertiary/aromatic N) is 2. The lowest BCUT2D eigenvalue weighted by atomic mass is 9.64. The van der Waals surface area contributed by atoms with Gasteiger partial charge < -0.3 is 4.90 Å². The van der Waals surface area contributed by atoms with Crippen molar-refractivity contribution >= 4 is 34.4 Å². The van der Waals surface area contributed by atoms with Crippen molar-refractivity contribution in [1.82, 2.24) is 0 Å². The summed E-state index contributed by atoms with van der Waals surface area (Å²) in [4.78, 5) is 7.72. The van der Waals surface area contributed by atoms with Crippen LogP contribution in [0.1, 0.15) is 63.5 Å². The van der Waals surface area contributed by atoms with E-state index >= 15 is 0 Å². The molecule has 1 saturated carbocycles. The average Bonchev–Trinajstić information content (AvgIpc) is 3.18. The Balaban J connectivity index is 1.30. The summed E-state index contributed by atoms with van der Waals surface area (Å²) in [6, 6.07) is 36.3. The van der Waals surface area contributed by atoms with Crippen molar-refractivity contribution < 1.29 is 0 Å². The molecule has 2 nitrogen and oxygen atoms in total. The van der Waals surface area contributed by atoms with Gasteiger partial charge in [-0.15, -0.1) is 0 Å². The monoisotopic (exact) mass is 518 g/mol. The van der Waals surface area contributed by atoms with E-state index < -0.39 is 0 Å². The number of anilines is 2. The number of fused-ring (bicyclic) bond motifs is 6. The van der Waals surface area contributed by atoms with Crippen molar-refractivity contribution in [2.75, 3.05) is 4.90 Å². The van der Waals surface area contributed by atoms with Gasteiger partial charge in [0.25, 0.3) is 0 Å². The molecular weight excluding hydrogens is 484 g/mol. The van der Waals surface area contributed by atoms with Crippen molar-refractivity contribution in [2.45, 2.75) is 63.8 Å². The lowest BCUT2D eigenvalue weighted by Gasteiger charge is -2.52. The molecule has 0 spiro atoms. The normalized spacial score (nSPS) is 21.9. The molecule has 0 aromatic heterocycles. The smallest absolute Gasteiger partial charge is 0.0713 e. The van der Waals surface area contributed by atoms with Crippen molar-refractivity contribution in [3.63, 3.8) is 0 Å². The van der Waals surface area contributed by atoms with Crippen LogP contribution in [-0.4, -0.2) is 11.8 Å². The highest BCUT2D eigenvalue weighted by molar-refractivity contribution is 6.30. The van der Waals surface area contributed by atoms with Crippen molar-refractivity contribution in [3.8, 4) is 11.1 Å².